The number of hydrogen-bond acceptors (Lipinski definition) is 1. The van der Waals surface area contributed by atoms with Crippen LogP contribution in [0, 0.1) is 5.41 Å². The maximum absolute atomic E-state index is 12.1. The standard InChI is InChI=1S/C23H28BrNO/c1-17(2)20-10-5-18(6-11-20)9-14-22(26)25-16-23(3,4)15-19-7-12-21(24)13-8-19/h5-14,17H,15-16H2,1-4H3,(H,25,26)/b14-9+. The molecule has 1 N–H and O–H groups in total. The maximum atomic E-state index is 12.1. The summed E-state index contributed by atoms with van der Waals surface area (Å²) in [5.74, 6) is 0.464. The van der Waals surface area contributed by atoms with E-state index < -0.39 is 0 Å². The monoisotopic (exact) mass is 413 g/mol. The molecule has 0 radical (unpaired) electrons. The Kier molecular flexibility index (Phi) is 7.22. The van der Waals surface area contributed by atoms with Crippen LogP contribution in [0.2, 0.25) is 0 Å². The highest BCUT2D eigenvalue weighted by Gasteiger charge is 2.19. The van der Waals surface area contributed by atoms with Crippen molar-refractivity contribution in [3.63, 3.8) is 0 Å². The first kappa shape index (κ1) is 20.4. The van der Waals surface area contributed by atoms with Gasteiger partial charge in [0, 0.05) is 17.1 Å². The lowest BCUT2D eigenvalue weighted by Gasteiger charge is -2.25. The second kappa shape index (κ2) is 9.18. The minimum atomic E-state index is -0.0539. The summed E-state index contributed by atoms with van der Waals surface area (Å²) in [6.45, 7) is 9.33. The zero-order valence-corrected chi connectivity index (χ0v) is 17.6. The van der Waals surface area contributed by atoms with E-state index >= 15 is 0 Å². The van der Waals surface area contributed by atoms with Gasteiger partial charge >= 0.3 is 0 Å². The lowest BCUT2D eigenvalue weighted by Crippen LogP contribution is -2.34. The predicted molar refractivity (Wildman–Crippen MR) is 114 cm³/mol. The minimum Gasteiger partial charge on any atom is -0.352 e. The molecule has 1 amide bonds. The SMILES string of the molecule is CC(C)c1ccc(/C=C/C(=O)NCC(C)(C)Cc2ccc(Br)cc2)cc1. The van der Waals surface area contributed by atoms with Gasteiger partial charge in [0.05, 0.1) is 0 Å². The molecular weight excluding hydrogens is 386 g/mol. The number of hydrogen-bond donors (Lipinski definition) is 1. The van der Waals surface area contributed by atoms with Gasteiger partial charge in [0.25, 0.3) is 0 Å². The van der Waals surface area contributed by atoms with Crippen LogP contribution in [0.3, 0.4) is 0 Å². The van der Waals surface area contributed by atoms with Crippen molar-refractivity contribution >= 4 is 27.9 Å². The average molecular weight is 414 g/mol. The highest BCUT2D eigenvalue weighted by Crippen LogP contribution is 2.22. The topological polar surface area (TPSA) is 29.1 Å². The van der Waals surface area contributed by atoms with Crippen LogP contribution in [-0.4, -0.2) is 12.5 Å². The fourth-order valence-electron chi connectivity index (χ4n) is 2.77. The van der Waals surface area contributed by atoms with E-state index in [9.17, 15) is 4.79 Å². The Hall–Kier alpha value is -1.87. The van der Waals surface area contributed by atoms with Crippen LogP contribution in [0.15, 0.2) is 59.1 Å². The van der Waals surface area contributed by atoms with Crippen LogP contribution in [0.25, 0.3) is 6.08 Å². The van der Waals surface area contributed by atoms with Crippen LogP contribution in [0.5, 0.6) is 0 Å². The van der Waals surface area contributed by atoms with Gasteiger partial charge in [0.15, 0.2) is 0 Å². The van der Waals surface area contributed by atoms with Crippen molar-refractivity contribution in [3.8, 4) is 0 Å². The van der Waals surface area contributed by atoms with E-state index in [-0.39, 0.29) is 11.3 Å². The molecule has 0 saturated carbocycles. The molecule has 3 heteroatoms. The Labute approximate surface area is 165 Å². The Morgan fingerprint density at radius 1 is 1.08 bits per heavy atom. The molecular formula is C23H28BrNO. The number of benzene rings is 2. The van der Waals surface area contributed by atoms with Gasteiger partial charge in [-0.05, 0) is 52.7 Å². The summed E-state index contributed by atoms with van der Waals surface area (Å²) in [5, 5.41) is 3.02. The number of carbonyl (C=O) groups is 1. The predicted octanol–water partition coefficient (Wildman–Crippen LogP) is 5.97. The average Bonchev–Trinajstić information content (AvgIpc) is 2.60. The molecule has 2 nitrogen and oxygen atoms in total. The summed E-state index contributed by atoms with van der Waals surface area (Å²) < 4.78 is 1.08. The molecule has 0 aliphatic rings. The van der Waals surface area contributed by atoms with E-state index in [2.05, 4.69) is 97.5 Å². The van der Waals surface area contributed by atoms with Crippen molar-refractivity contribution in [1.82, 2.24) is 5.32 Å². The van der Waals surface area contributed by atoms with Crippen LogP contribution < -0.4 is 5.32 Å². The van der Waals surface area contributed by atoms with E-state index in [1.165, 1.54) is 11.1 Å². The third-order valence-corrected chi connectivity index (χ3v) is 4.90. The molecule has 2 rings (SSSR count). The van der Waals surface area contributed by atoms with E-state index in [4.69, 9.17) is 0 Å². The zero-order valence-electron chi connectivity index (χ0n) is 16.1. The van der Waals surface area contributed by atoms with Gasteiger partial charge in [0.1, 0.15) is 0 Å². The van der Waals surface area contributed by atoms with Crippen LogP contribution in [-0.2, 0) is 11.2 Å². The molecule has 2 aromatic carbocycles. The first-order chi connectivity index (χ1) is 12.2. The summed E-state index contributed by atoms with van der Waals surface area (Å²) in [4.78, 5) is 12.1. The first-order valence-corrected chi connectivity index (χ1v) is 9.85. The number of carbonyl (C=O) groups excluding carboxylic acids is 1. The molecule has 138 valence electrons. The van der Waals surface area contributed by atoms with Gasteiger partial charge in [-0.1, -0.05) is 80.0 Å². The van der Waals surface area contributed by atoms with Crippen molar-refractivity contribution in [1.29, 1.82) is 0 Å². The normalized spacial score (nSPS) is 11.9. The minimum absolute atomic E-state index is 0.00373. The van der Waals surface area contributed by atoms with Crippen molar-refractivity contribution < 1.29 is 4.79 Å². The molecule has 0 heterocycles. The van der Waals surface area contributed by atoms with Crippen LogP contribution >= 0.6 is 15.9 Å². The number of rotatable bonds is 7. The zero-order chi connectivity index (χ0) is 19.2. The van der Waals surface area contributed by atoms with E-state index in [0.29, 0.717) is 12.5 Å². The van der Waals surface area contributed by atoms with Crippen LogP contribution in [0.1, 0.15) is 50.3 Å². The van der Waals surface area contributed by atoms with Gasteiger partial charge in [0.2, 0.25) is 5.91 Å². The van der Waals surface area contributed by atoms with Crippen molar-refractivity contribution in [2.75, 3.05) is 6.54 Å². The highest BCUT2D eigenvalue weighted by molar-refractivity contribution is 9.10. The summed E-state index contributed by atoms with van der Waals surface area (Å²) in [5.41, 5.74) is 3.61. The van der Waals surface area contributed by atoms with Gasteiger partial charge < -0.3 is 5.32 Å². The largest absolute Gasteiger partial charge is 0.352 e. The molecule has 0 saturated heterocycles. The third-order valence-electron chi connectivity index (χ3n) is 4.37. The summed E-state index contributed by atoms with van der Waals surface area (Å²) in [6, 6.07) is 16.7. The molecule has 0 atom stereocenters. The van der Waals surface area contributed by atoms with Crippen molar-refractivity contribution in [2.24, 2.45) is 5.41 Å². The molecule has 0 unspecified atom stereocenters. The van der Waals surface area contributed by atoms with E-state index in [0.717, 1.165) is 16.5 Å². The molecule has 26 heavy (non-hydrogen) atoms. The van der Waals surface area contributed by atoms with Gasteiger partial charge in [-0.25, -0.2) is 0 Å². The Morgan fingerprint density at radius 2 is 1.69 bits per heavy atom. The smallest absolute Gasteiger partial charge is 0.244 e. The summed E-state index contributed by atoms with van der Waals surface area (Å²) in [7, 11) is 0. The lowest BCUT2D eigenvalue weighted by molar-refractivity contribution is -0.116. The third kappa shape index (κ3) is 6.80. The summed E-state index contributed by atoms with van der Waals surface area (Å²) >= 11 is 3.46. The lowest BCUT2D eigenvalue weighted by atomic mass is 9.85. The van der Waals surface area contributed by atoms with Crippen LogP contribution in [0.4, 0.5) is 0 Å². The molecule has 0 aromatic heterocycles. The number of amides is 1. The molecule has 0 fully saturated rings. The highest BCUT2D eigenvalue weighted by atomic mass is 79.9. The van der Waals surface area contributed by atoms with Crippen molar-refractivity contribution in [2.45, 2.75) is 40.0 Å². The first-order valence-electron chi connectivity index (χ1n) is 9.05. The molecule has 0 spiro atoms. The second-order valence-electron chi connectivity index (χ2n) is 7.84. The van der Waals surface area contributed by atoms with Gasteiger partial charge in [-0.2, -0.15) is 0 Å². The maximum Gasteiger partial charge on any atom is 0.244 e. The van der Waals surface area contributed by atoms with Crippen molar-refractivity contribution in [3.05, 3.63) is 75.8 Å². The van der Waals surface area contributed by atoms with E-state index in [1.807, 2.05) is 6.08 Å². The Bertz CT molecular complexity index is 743. The molecule has 2 aromatic rings. The van der Waals surface area contributed by atoms with E-state index in [1.54, 1.807) is 6.08 Å². The fraction of sp³-hybridized carbons (Fsp3) is 0.348. The molecule has 0 aliphatic carbocycles. The second-order valence-corrected chi connectivity index (χ2v) is 8.76. The molecule has 0 aliphatic heterocycles. The molecule has 0 bridgehead atoms. The van der Waals surface area contributed by atoms with Gasteiger partial charge in [-0.3, -0.25) is 4.79 Å². The quantitative estimate of drug-likeness (QED) is 0.556. The Morgan fingerprint density at radius 3 is 2.27 bits per heavy atom. The number of halogens is 1. The summed E-state index contributed by atoms with van der Waals surface area (Å²) in [6.07, 6.45) is 4.39. The fourth-order valence-corrected chi connectivity index (χ4v) is 3.03. The van der Waals surface area contributed by atoms with Gasteiger partial charge in [-0.15, -0.1) is 0 Å². The Balaban J connectivity index is 1.85. The number of nitrogens with one attached hydrogen (secondary N) is 1.